The van der Waals surface area contributed by atoms with Crippen LogP contribution in [0.25, 0.3) is 6.08 Å². The van der Waals surface area contributed by atoms with Crippen molar-refractivity contribution >= 4 is 29.4 Å². The van der Waals surface area contributed by atoms with Gasteiger partial charge in [-0.05, 0) is 48.9 Å². The van der Waals surface area contributed by atoms with Crippen molar-refractivity contribution in [3.05, 3.63) is 78.5 Å². The zero-order valence-electron chi connectivity index (χ0n) is 21.7. The van der Waals surface area contributed by atoms with Crippen LogP contribution in [-0.2, 0) is 14.3 Å². The number of esters is 2. The Kier molecular flexibility index (Phi) is 7.67. The Labute approximate surface area is 222 Å². The van der Waals surface area contributed by atoms with Crippen molar-refractivity contribution in [1.82, 2.24) is 4.57 Å². The molecule has 198 valence electrons. The molecule has 2 heterocycles. The van der Waals surface area contributed by atoms with Crippen LogP contribution in [0.3, 0.4) is 0 Å². The van der Waals surface area contributed by atoms with Gasteiger partial charge in [-0.2, -0.15) is 0 Å². The van der Waals surface area contributed by atoms with Gasteiger partial charge in [-0.25, -0.2) is 9.79 Å². The number of hydrogen-bond donors (Lipinski definition) is 0. The van der Waals surface area contributed by atoms with E-state index in [4.69, 9.17) is 23.7 Å². The highest BCUT2D eigenvalue weighted by Gasteiger charge is 2.33. The molecule has 1 atom stereocenters. The zero-order valence-corrected chi connectivity index (χ0v) is 22.5. The first-order chi connectivity index (χ1) is 18.2. The van der Waals surface area contributed by atoms with Gasteiger partial charge in [0, 0.05) is 12.5 Å². The van der Waals surface area contributed by atoms with Crippen molar-refractivity contribution in [2.45, 2.75) is 19.9 Å². The number of nitrogens with zero attached hydrogens (tertiary/aromatic N) is 2. The number of aromatic nitrogens is 1. The lowest BCUT2D eigenvalue weighted by Gasteiger charge is -2.25. The summed E-state index contributed by atoms with van der Waals surface area (Å²) in [7, 11) is 5.79. The van der Waals surface area contributed by atoms with Crippen LogP contribution >= 0.6 is 11.3 Å². The minimum Gasteiger partial charge on any atom is -0.497 e. The maximum absolute atomic E-state index is 13.8. The molecule has 0 fully saturated rings. The summed E-state index contributed by atoms with van der Waals surface area (Å²) in [5, 5.41) is 0. The zero-order chi connectivity index (χ0) is 27.6. The second-order valence-electron chi connectivity index (χ2n) is 8.19. The maximum Gasteiger partial charge on any atom is 0.338 e. The molecule has 0 unspecified atom stereocenters. The molecular weight excluding hydrogens is 512 g/mol. The Morgan fingerprint density at radius 2 is 1.68 bits per heavy atom. The minimum absolute atomic E-state index is 0.202. The van der Waals surface area contributed by atoms with E-state index >= 15 is 0 Å². The summed E-state index contributed by atoms with van der Waals surface area (Å²) in [6, 6.07) is 9.24. The van der Waals surface area contributed by atoms with Gasteiger partial charge in [0.15, 0.2) is 16.3 Å². The van der Waals surface area contributed by atoms with Crippen molar-refractivity contribution in [3.8, 4) is 23.0 Å². The molecule has 3 aromatic rings. The van der Waals surface area contributed by atoms with Crippen molar-refractivity contribution in [1.29, 1.82) is 0 Å². The van der Waals surface area contributed by atoms with Gasteiger partial charge in [0.2, 0.25) is 0 Å². The number of fused-ring (bicyclic) bond motifs is 1. The number of rotatable bonds is 7. The Morgan fingerprint density at radius 3 is 2.32 bits per heavy atom. The molecule has 2 aromatic carbocycles. The third-order valence-electron chi connectivity index (χ3n) is 5.91. The highest BCUT2D eigenvalue weighted by atomic mass is 32.1. The van der Waals surface area contributed by atoms with Crippen molar-refractivity contribution in [2.24, 2.45) is 4.99 Å². The second-order valence-corrected chi connectivity index (χ2v) is 9.19. The van der Waals surface area contributed by atoms with Crippen LogP contribution in [0.2, 0.25) is 0 Å². The number of carbonyl (C=O) groups excluding carboxylic acids is 2. The first-order valence-corrected chi connectivity index (χ1v) is 12.2. The molecule has 11 heteroatoms. The molecule has 0 spiro atoms. The maximum atomic E-state index is 13.8. The summed E-state index contributed by atoms with van der Waals surface area (Å²) in [4.78, 5) is 43.2. The van der Waals surface area contributed by atoms with Crippen LogP contribution in [0.15, 0.2) is 57.5 Å². The number of ether oxygens (including phenoxy) is 5. The predicted molar refractivity (Wildman–Crippen MR) is 140 cm³/mol. The molecule has 1 aromatic heterocycles. The number of hydrogen-bond acceptors (Lipinski definition) is 10. The molecule has 10 nitrogen and oxygen atoms in total. The Morgan fingerprint density at radius 1 is 0.974 bits per heavy atom. The predicted octanol–water partition coefficient (Wildman–Crippen LogP) is 2.36. The summed E-state index contributed by atoms with van der Waals surface area (Å²) in [6.07, 6.45) is 1.70. The monoisotopic (exact) mass is 538 g/mol. The van der Waals surface area contributed by atoms with Crippen molar-refractivity contribution in [3.63, 3.8) is 0 Å². The third kappa shape index (κ3) is 4.92. The molecule has 0 radical (unpaired) electrons. The fourth-order valence-corrected chi connectivity index (χ4v) is 5.23. The smallest absolute Gasteiger partial charge is 0.338 e. The summed E-state index contributed by atoms with van der Waals surface area (Å²) in [5.74, 6) is 0.504. The van der Waals surface area contributed by atoms with E-state index in [2.05, 4.69) is 4.99 Å². The van der Waals surface area contributed by atoms with Crippen molar-refractivity contribution in [2.75, 3.05) is 28.4 Å². The molecule has 1 aliphatic heterocycles. The second kappa shape index (κ2) is 10.9. The number of carbonyl (C=O) groups is 2. The van der Waals surface area contributed by atoms with Gasteiger partial charge in [-0.1, -0.05) is 17.4 Å². The number of methoxy groups -OCH3 is 4. The van der Waals surface area contributed by atoms with Crippen LogP contribution in [0.4, 0.5) is 0 Å². The van der Waals surface area contributed by atoms with Gasteiger partial charge >= 0.3 is 11.9 Å². The van der Waals surface area contributed by atoms with Gasteiger partial charge in [0.1, 0.15) is 11.5 Å². The van der Waals surface area contributed by atoms with E-state index < -0.39 is 18.0 Å². The third-order valence-corrected chi connectivity index (χ3v) is 6.89. The van der Waals surface area contributed by atoms with E-state index in [9.17, 15) is 14.4 Å². The molecule has 1 aliphatic rings. The standard InChI is InChI=1S/C27H26N2O8S/c1-14-23(26(32)36-6)24(16-7-9-20(37-15(2)30)21(12-16)35-5)29-25(31)22(38-27(29)28-14)13-17-11-18(33-3)8-10-19(17)34-4/h7-13,24H,1-6H3/b22-13+/t24-/m1/s1. The first kappa shape index (κ1) is 26.7. The first-order valence-electron chi connectivity index (χ1n) is 11.4. The Balaban J connectivity index is 1.97. The summed E-state index contributed by atoms with van der Waals surface area (Å²) in [6.45, 7) is 2.97. The van der Waals surface area contributed by atoms with Gasteiger partial charge in [0.05, 0.1) is 50.3 Å². The molecule has 0 saturated heterocycles. The normalized spacial score (nSPS) is 14.9. The molecule has 0 N–H and O–H groups in total. The van der Waals surface area contributed by atoms with Gasteiger partial charge in [-0.15, -0.1) is 0 Å². The van der Waals surface area contributed by atoms with Crippen LogP contribution in [0, 0.1) is 0 Å². The summed E-state index contributed by atoms with van der Waals surface area (Å²) < 4.78 is 28.3. The highest BCUT2D eigenvalue weighted by Crippen LogP contribution is 2.36. The van der Waals surface area contributed by atoms with Crippen LogP contribution < -0.4 is 33.8 Å². The molecule has 0 amide bonds. The minimum atomic E-state index is -0.867. The largest absolute Gasteiger partial charge is 0.497 e. The van der Waals surface area contributed by atoms with E-state index in [1.165, 1.54) is 37.0 Å². The molecular formula is C27H26N2O8S. The highest BCUT2D eigenvalue weighted by molar-refractivity contribution is 7.07. The van der Waals surface area contributed by atoms with Crippen LogP contribution in [-0.4, -0.2) is 44.9 Å². The molecule has 0 bridgehead atoms. The Bertz CT molecular complexity index is 1630. The SMILES string of the molecule is COC(=O)C1=C(C)N=c2s/c(=C/c3cc(OC)ccc3OC)c(=O)n2[C@@H]1c1ccc(OC(C)=O)c(OC)c1. The van der Waals surface area contributed by atoms with E-state index in [0.29, 0.717) is 37.7 Å². The summed E-state index contributed by atoms with van der Waals surface area (Å²) in [5.41, 5.74) is 1.44. The number of thiazole rings is 1. The van der Waals surface area contributed by atoms with Gasteiger partial charge in [-0.3, -0.25) is 14.2 Å². The fraction of sp³-hybridized carbons (Fsp3) is 0.259. The lowest BCUT2D eigenvalue weighted by Crippen LogP contribution is -2.39. The lowest BCUT2D eigenvalue weighted by molar-refractivity contribution is -0.136. The van der Waals surface area contributed by atoms with E-state index in [1.54, 1.807) is 63.6 Å². The number of allylic oxidation sites excluding steroid dienone is 1. The van der Waals surface area contributed by atoms with Gasteiger partial charge < -0.3 is 23.7 Å². The topological polar surface area (TPSA) is 115 Å². The lowest BCUT2D eigenvalue weighted by atomic mass is 9.95. The summed E-state index contributed by atoms with van der Waals surface area (Å²) >= 11 is 1.18. The molecule has 0 aliphatic carbocycles. The van der Waals surface area contributed by atoms with Crippen LogP contribution in [0.1, 0.15) is 31.0 Å². The van der Waals surface area contributed by atoms with E-state index in [0.717, 1.165) is 0 Å². The number of benzene rings is 2. The Hall–Kier alpha value is -4.38. The molecule has 38 heavy (non-hydrogen) atoms. The van der Waals surface area contributed by atoms with Gasteiger partial charge in [0.25, 0.3) is 5.56 Å². The average molecular weight is 539 g/mol. The fourth-order valence-electron chi connectivity index (χ4n) is 4.19. The van der Waals surface area contributed by atoms with E-state index in [-0.39, 0.29) is 22.6 Å². The van der Waals surface area contributed by atoms with Crippen molar-refractivity contribution < 1.29 is 33.3 Å². The quantitative estimate of drug-likeness (QED) is 0.333. The average Bonchev–Trinajstić information content (AvgIpc) is 3.21. The molecule has 0 saturated carbocycles. The van der Waals surface area contributed by atoms with Crippen LogP contribution in [0.5, 0.6) is 23.0 Å². The molecule has 4 rings (SSSR count). The van der Waals surface area contributed by atoms with E-state index in [1.807, 2.05) is 0 Å².